The maximum atomic E-state index is 13.6. The number of benzene rings is 3. The van der Waals surface area contributed by atoms with Crippen LogP contribution in [0, 0.1) is 0 Å². The number of carbonyl (C=O) groups is 1. The van der Waals surface area contributed by atoms with Gasteiger partial charge in [-0.2, -0.15) is 47.9 Å². The molecular weight excluding hydrogens is 659 g/mol. The summed E-state index contributed by atoms with van der Waals surface area (Å²) in [6, 6.07) is 12.1. The summed E-state index contributed by atoms with van der Waals surface area (Å²) in [6.07, 6.45) is -10.4. The van der Waals surface area contributed by atoms with Crippen molar-refractivity contribution >= 4 is 16.0 Å². The first kappa shape index (κ1) is 34.9. The average Bonchev–Trinajstić information content (AvgIpc) is 2.96. The first-order chi connectivity index (χ1) is 21.3. The van der Waals surface area contributed by atoms with E-state index in [1.165, 1.54) is 6.07 Å². The van der Waals surface area contributed by atoms with Crippen LogP contribution in [0.1, 0.15) is 32.6 Å². The molecule has 0 radical (unpaired) electrons. The molecule has 0 bridgehead atoms. The van der Waals surface area contributed by atoms with Crippen molar-refractivity contribution in [3.8, 4) is 11.5 Å². The Morgan fingerprint density at radius 3 is 1.96 bits per heavy atom. The van der Waals surface area contributed by atoms with E-state index in [9.17, 15) is 52.7 Å². The van der Waals surface area contributed by atoms with Crippen molar-refractivity contribution in [3.63, 3.8) is 0 Å². The minimum Gasteiger partial charge on any atom is -0.493 e. The standard InChI is InChI=1S/C29H25F9N2O5S/c1-44-25-12-19(7-8-24(25)45-46(42,43)29(36,37)38)11-23-17-39(16-18-5-3-2-4-6-18)9-10-40(23)26(41)20-13-21(27(30,31)32)15-22(14-20)28(33,34)35/h2-8,12-15,23H,9-11,16-17H2,1H3/t23-/m1/s1. The molecule has 4 rings (SSSR count). The number of hydrogen-bond acceptors (Lipinski definition) is 6. The molecule has 17 heteroatoms. The van der Waals surface area contributed by atoms with Gasteiger partial charge in [-0.15, -0.1) is 0 Å². The number of rotatable bonds is 8. The number of ether oxygens (including phenoxy) is 1. The number of methoxy groups -OCH3 is 1. The Balaban J connectivity index is 1.69. The molecule has 1 heterocycles. The molecule has 7 nitrogen and oxygen atoms in total. The maximum absolute atomic E-state index is 13.6. The molecule has 0 aromatic heterocycles. The Kier molecular flexibility index (Phi) is 9.87. The van der Waals surface area contributed by atoms with Crippen LogP contribution in [0.25, 0.3) is 0 Å². The fourth-order valence-corrected chi connectivity index (χ4v) is 5.41. The number of amides is 1. The van der Waals surface area contributed by atoms with Gasteiger partial charge in [0.05, 0.1) is 18.2 Å². The van der Waals surface area contributed by atoms with Crippen LogP contribution in [0.5, 0.6) is 11.5 Å². The lowest BCUT2D eigenvalue weighted by atomic mass is 9.98. The van der Waals surface area contributed by atoms with E-state index in [-0.39, 0.29) is 37.7 Å². The number of piperazine rings is 1. The normalized spacial score (nSPS) is 16.7. The van der Waals surface area contributed by atoms with Crippen molar-refractivity contribution in [2.24, 2.45) is 0 Å². The van der Waals surface area contributed by atoms with Gasteiger partial charge in [0.15, 0.2) is 11.5 Å². The van der Waals surface area contributed by atoms with Gasteiger partial charge in [0.2, 0.25) is 0 Å². The Labute approximate surface area is 257 Å². The largest absolute Gasteiger partial charge is 0.534 e. The smallest absolute Gasteiger partial charge is 0.493 e. The fraction of sp³-hybridized carbons (Fsp3) is 0.345. The van der Waals surface area contributed by atoms with Crippen LogP contribution in [0.2, 0.25) is 0 Å². The predicted molar refractivity (Wildman–Crippen MR) is 145 cm³/mol. The summed E-state index contributed by atoms with van der Waals surface area (Å²) < 4.78 is 152. The molecule has 1 saturated heterocycles. The van der Waals surface area contributed by atoms with Crippen LogP contribution in [-0.4, -0.2) is 62.4 Å². The van der Waals surface area contributed by atoms with Crippen molar-refractivity contribution in [2.45, 2.75) is 36.9 Å². The minimum atomic E-state index is -6.04. The molecule has 46 heavy (non-hydrogen) atoms. The Morgan fingerprint density at radius 1 is 0.804 bits per heavy atom. The molecule has 0 spiro atoms. The van der Waals surface area contributed by atoms with Crippen LogP contribution in [-0.2, 0) is 35.4 Å². The van der Waals surface area contributed by atoms with E-state index in [1.807, 2.05) is 17.0 Å². The molecule has 1 aliphatic rings. The van der Waals surface area contributed by atoms with Crippen LogP contribution >= 0.6 is 0 Å². The van der Waals surface area contributed by atoms with Gasteiger partial charge in [0, 0.05) is 37.8 Å². The lowest BCUT2D eigenvalue weighted by Crippen LogP contribution is -2.55. The van der Waals surface area contributed by atoms with Crippen molar-refractivity contribution < 1.29 is 61.6 Å². The summed E-state index contributed by atoms with van der Waals surface area (Å²) in [5.41, 5.74) is -8.68. The van der Waals surface area contributed by atoms with Crippen LogP contribution in [0.15, 0.2) is 66.7 Å². The van der Waals surface area contributed by atoms with E-state index < -0.39 is 68.1 Å². The second-order valence-corrected chi connectivity index (χ2v) is 11.9. The molecule has 0 N–H and O–H groups in total. The lowest BCUT2D eigenvalue weighted by Gasteiger charge is -2.42. The first-order valence-electron chi connectivity index (χ1n) is 13.3. The average molecular weight is 685 g/mol. The highest BCUT2D eigenvalue weighted by atomic mass is 32.2. The maximum Gasteiger partial charge on any atom is 0.534 e. The van der Waals surface area contributed by atoms with Crippen LogP contribution in [0.3, 0.4) is 0 Å². The van der Waals surface area contributed by atoms with E-state index in [1.54, 1.807) is 18.2 Å². The third-order valence-corrected chi connectivity index (χ3v) is 8.06. The van der Waals surface area contributed by atoms with E-state index in [0.29, 0.717) is 18.7 Å². The number of hydrogen-bond donors (Lipinski definition) is 0. The second kappa shape index (κ2) is 13.0. The lowest BCUT2D eigenvalue weighted by molar-refractivity contribution is -0.143. The summed E-state index contributed by atoms with van der Waals surface area (Å²) >= 11 is 0. The monoisotopic (exact) mass is 684 g/mol. The molecule has 0 saturated carbocycles. The summed E-state index contributed by atoms with van der Waals surface area (Å²) in [6.45, 7) is 0.630. The number of carbonyl (C=O) groups excluding carboxylic acids is 1. The van der Waals surface area contributed by atoms with Gasteiger partial charge in [0.1, 0.15) is 0 Å². The third-order valence-electron chi connectivity index (χ3n) is 7.09. The SMILES string of the molecule is COc1cc(C[C@@H]2CN(Cc3ccccc3)CCN2C(=O)c2cc(C(F)(F)F)cc(C(F)(F)F)c2)ccc1OS(=O)(=O)C(F)(F)F. The highest BCUT2D eigenvalue weighted by Crippen LogP contribution is 2.38. The van der Waals surface area contributed by atoms with Crippen molar-refractivity contribution in [1.82, 2.24) is 9.80 Å². The minimum absolute atomic E-state index is 0.0824. The molecule has 1 amide bonds. The quantitative estimate of drug-likeness (QED) is 0.153. The zero-order chi connectivity index (χ0) is 34.1. The highest BCUT2D eigenvalue weighted by molar-refractivity contribution is 7.88. The summed E-state index contributed by atoms with van der Waals surface area (Å²) in [4.78, 5) is 16.7. The Morgan fingerprint density at radius 2 is 1.41 bits per heavy atom. The Hall–Kier alpha value is -3.99. The molecule has 1 aliphatic heterocycles. The molecular formula is C29H25F9N2O5S. The highest BCUT2D eigenvalue weighted by Gasteiger charge is 2.49. The van der Waals surface area contributed by atoms with Crippen molar-refractivity contribution in [2.75, 3.05) is 26.7 Å². The van der Waals surface area contributed by atoms with Crippen LogP contribution < -0.4 is 8.92 Å². The van der Waals surface area contributed by atoms with Gasteiger partial charge in [-0.1, -0.05) is 36.4 Å². The fourth-order valence-electron chi connectivity index (χ4n) is 4.94. The van der Waals surface area contributed by atoms with E-state index >= 15 is 0 Å². The third kappa shape index (κ3) is 8.23. The van der Waals surface area contributed by atoms with Gasteiger partial charge in [-0.25, -0.2) is 0 Å². The van der Waals surface area contributed by atoms with Gasteiger partial charge in [-0.3, -0.25) is 9.69 Å². The van der Waals surface area contributed by atoms with Gasteiger partial charge in [0.25, 0.3) is 5.91 Å². The van der Waals surface area contributed by atoms with E-state index in [2.05, 4.69) is 4.18 Å². The second-order valence-electron chi connectivity index (χ2n) is 10.3. The van der Waals surface area contributed by atoms with Gasteiger partial charge >= 0.3 is 28.0 Å². The van der Waals surface area contributed by atoms with E-state index in [0.717, 1.165) is 29.7 Å². The topological polar surface area (TPSA) is 76.2 Å². The molecule has 0 unspecified atom stereocenters. The number of halogens is 9. The zero-order valence-electron chi connectivity index (χ0n) is 23.7. The molecule has 250 valence electrons. The number of nitrogens with zero attached hydrogens (tertiary/aromatic N) is 2. The molecule has 1 fully saturated rings. The molecule has 0 aliphatic carbocycles. The van der Waals surface area contributed by atoms with Crippen LogP contribution in [0.4, 0.5) is 39.5 Å². The Bertz CT molecular complexity index is 1630. The van der Waals surface area contributed by atoms with E-state index in [4.69, 9.17) is 4.74 Å². The molecule has 1 atom stereocenters. The predicted octanol–water partition coefficient (Wildman–Crippen LogP) is 6.53. The summed E-state index contributed by atoms with van der Waals surface area (Å²) in [5.74, 6) is -2.29. The summed E-state index contributed by atoms with van der Waals surface area (Å²) in [5, 5.41) is 0. The van der Waals surface area contributed by atoms with Gasteiger partial charge in [-0.05, 0) is 47.9 Å². The molecule has 3 aromatic carbocycles. The molecule has 3 aromatic rings. The van der Waals surface area contributed by atoms with Gasteiger partial charge < -0.3 is 13.8 Å². The number of alkyl halides is 9. The van der Waals surface area contributed by atoms with Crippen molar-refractivity contribution in [3.05, 3.63) is 94.5 Å². The zero-order valence-corrected chi connectivity index (χ0v) is 24.5. The summed E-state index contributed by atoms with van der Waals surface area (Å²) in [7, 11) is -5.00. The van der Waals surface area contributed by atoms with Crippen molar-refractivity contribution in [1.29, 1.82) is 0 Å². The first-order valence-corrected chi connectivity index (χ1v) is 14.7.